The van der Waals surface area contributed by atoms with Crippen LogP contribution in [-0.2, 0) is 19.6 Å². The number of benzene rings is 1. The zero-order valence-electron chi connectivity index (χ0n) is 19.2. The highest BCUT2D eigenvalue weighted by atomic mass is 32.2. The van der Waals surface area contributed by atoms with Gasteiger partial charge in [-0.1, -0.05) is 11.2 Å². The number of carbonyl (C=O) groups excluding carboxylic acids is 2. The Morgan fingerprint density at radius 2 is 1.82 bits per heavy atom. The number of hydrogen-bond acceptors (Lipinski definition) is 8. The van der Waals surface area contributed by atoms with Crippen molar-refractivity contribution in [3.8, 4) is 5.75 Å². The predicted molar refractivity (Wildman–Crippen MR) is 121 cm³/mol. The average molecular weight is 480 g/mol. The van der Waals surface area contributed by atoms with Gasteiger partial charge < -0.3 is 19.9 Å². The molecule has 0 spiro atoms. The molecule has 180 valence electrons. The van der Waals surface area contributed by atoms with Crippen molar-refractivity contribution in [2.24, 2.45) is 0 Å². The third-order valence-electron chi connectivity index (χ3n) is 5.34. The number of hydrogen-bond donors (Lipinski definition) is 2. The average Bonchev–Trinajstić information content (AvgIpc) is 3.11. The van der Waals surface area contributed by atoms with Gasteiger partial charge >= 0.3 is 0 Å². The lowest BCUT2D eigenvalue weighted by atomic mass is 10.2. The number of nitrogens with one attached hydrogen (secondary N) is 2. The maximum Gasteiger partial charge on any atom is 0.248 e. The summed E-state index contributed by atoms with van der Waals surface area (Å²) in [5.74, 6) is 0.103. The van der Waals surface area contributed by atoms with E-state index in [9.17, 15) is 18.0 Å². The highest BCUT2D eigenvalue weighted by molar-refractivity contribution is 7.89. The molecule has 0 saturated carbocycles. The highest BCUT2D eigenvalue weighted by Gasteiger charge is 2.33. The molecule has 0 bridgehead atoms. The third kappa shape index (κ3) is 5.89. The summed E-state index contributed by atoms with van der Waals surface area (Å²) in [7, 11) is -2.19. The molecule has 33 heavy (non-hydrogen) atoms. The first-order valence-corrected chi connectivity index (χ1v) is 11.9. The molecule has 11 nitrogen and oxygen atoms in total. The van der Waals surface area contributed by atoms with Crippen LogP contribution in [0, 0.1) is 20.8 Å². The number of ether oxygens (including phenoxy) is 1. The van der Waals surface area contributed by atoms with E-state index in [1.54, 1.807) is 26.0 Å². The minimum absolute atomic E-state index is 0.0697. The van der Waals surface area contributed by atoms with Crippen LogP contribution >= 0.6 is 0 Å². The second-order valence-corrected chi connectivity index (χ2v) is 9.74. The van der Waals surface area contributed by atoms with Crippen LogP contribution in [0.1, 0.15) is 17.0 Å². The monoisotopic (exact) mass is 479 g/mol. The zero-order chi connectivity index (χ0) is 24.2. The normalized spacial score (nSPS) is 15.3. The summed E-state index contributed by atoms with van der Waals surface area (Å²) in [6.45, 7) is 6.21. The van der Waals surface area contributed by atoms with Gasteiger partial charge in [0.2, 0.25) is 21.8 Å². The number of piperazine rings is 1. The molecule has 2 amide bonds. The van der Waals surface area contributed by atoms with Crippen LogP contribution in [0.2, 0.25) is 0 Å². The molecule has 1 aromatic heterocycles. The SMILES string of the molecule is COc1ccc(C)cc1NC(=O)CNC(=O)CN1CCN(S(=O)(=O)c2c(C)noc2C)CC1. The number of anilines is 1. The summed E-state index contributed by atoms with van der Waals surface area (Å²) in [5, 5.41) is 9.05. The van der Waals surface area contributed by atoms with Crippen LogP contribution in [0.3, 0.4) is 0 Å². The van der Waals surface area contributed by atoms with Gasteiger partial charge in [0.25, 0.3) is 0 Å². The van der Waals surface area contributed by atoms with Crippen molar-refractivity contribution in [1.29, 1.82) is 0 Å². The molecule has 3 rings (SSSR count). The van der Waals surface area contributed by atoms with Gasteiger partial charge in [0.05, 0.1) is 25.9 Å². The fourth-order valence-electron chi connectivity index (χ4n) is 3.65. The molecule has 2 aromatic rings. The van der Waals surface area contributed by atoms with Crippen LogP contribution in [-0.4, -0.2) is 81.0 Å². The molecule has 1 aliphatic heterocycles. The Morgan fingerprint density at radius 3 is 2.42 bits per heavy atom. The maximum atomic E-state index is 12.9. The lowest BCUT2D eigenvalue weighted by Gasteiger charge is -2.33. The molecule has 0 unspecified atom stereocenters. The van der Waals surface area contributed by atoms with E-state index in [0.29, 0.717) is 30.2 Å². The van der Waals surface area contributed by atoms with Gasteiger partial charge in [0.15, 0.2) is 5.76 Å². The van der Waals surface area contributed by atoms with E-state index >= 15 is 0 Å². The van der Waals surface area contributed by atoms with E-state index < -0.39 is 10.0 Å². The number of aryl methyl sites for hydroxylation is 3. The molecule has 2 heterocycles. The first-order valence-electron chi connectivity index (χ1n) is 10.5. The first kappa shape index (κ1) is 24.7. The van der Waals surface area contributed by atoms with Gasteiger partial charge in [0.1, 0.15) is 16.3 Å². The number of carbonyl (C=O) groups is 2. The molecule has 0 atom stereocenters. The van der Waals surface area contributed by atoms with Crippen LogP contribution < -0.4 is 15.4 Å². The number of amides is 2. The third-order valence-corrected chi connectivity index (χ3v) is 7.48. The van der Waals surface area contributed by atoms with Gasteiger partial charge in [0, 0.05) is 26.2 Å². The number of aromatic nitrogens is 1. The van der Waals surface area contributed by atoms with Gasteiger partial charge in [-0.25, -0.2) is 8.42 Å². The first-order chi connectivity index (χ1) is 15.6. The summed E-state index contributed by atoms with van der Waals surface area (Å²) >= 11 is 0. The molecule has 1 saturated heterocycles. The van der Waals surface area contributed by atoms with Gasteiger partial charge in [-0.15, -0.1) is 0 Å². The van der Waals surface area contributed by atoms with Crippen LogP contribution in [0.4, 0.5) is 5.69 Å². The van der Waals surface area contributed by atoms with Crippen molar-refractivity contribution in [1.82, 2.24) is 19.7 Å². The standard InChI is InChI=1S/C21H29N5O6S/c1-14-5-6-18(31-4)17(11-14)23-19(27)12-22-20(28)13-25-7-9-26(10-8-25)33(29,30)21-15(2)24-32-16(21)3/h5-6,11H,7-10,12-13H2,1-4H3,(H,22,28)(H,23,27). The molecular formula is C21H29N5O6S. The lowest BCUT2D eigenvalue weighted by Crippen LogP contribution is -2.51. The molecule has 1 fully saturated rings. The zero-order valence-corrected chi connectivity index (χ0v) is 20.0. The molecule has 0 aliphatic carbocycles. The molecular weight excluding hydrogens is 450 g/mol. The van der Waals surface area contributed by atoms with Crippen LogP contribution in [0.15, 0.2) is 27.6 Å². The number of methoxy groups -OCH3 is 1. The highest BCUT2D eigenvalue weighted by Crippen LogP contribution is 2.25. The van der Waals surface area contributed by atoms with Crippen molar-refractivity contribution in [2.75, 3.05) is 51.7 Å². The number of rotatable bonds is 8. The Labute approximate surface area is 193 Å². The van der Waals surface area contributed by atoms with Crippen molar-refractivity contribution in [2.45, 2.75) is 25.7 Å². The maximum absolute atomic E-state index is 12.9. The Bertz CT molecular complexity index is 1100. The van der Waals surface area contributed by atoms with Gasteiger partial charge in [-0.2, -0.15) is 4.31 Å². The topological polar surface area (TPSA) is 134 Å². The molecule has 1 aromatic carbocycles. The van der Waals surface area contributed by atoms with E-state index in [-0.39, 0.29) is 48.6 Å². The second kappa shape index (κ2) is 10.3. The fourth-order valence-corrected chi connectivity index (χ4v) is 5.37. The van der Waals surface area contributed by atoms with Gasteiger partial charge in [-0.05, 0) is 38.5 Å². The Kier molecular flexibility index (Phi) is 7.72. The molecule has 1 aliphatic rings. The van der Waals surface area contributed by atoms with Crippen molar-refractivity contribution >= 4 is 27.5 Å². The fraction of sp³-hybridized carbons (Fsp3) is 0.476. The minimum atomic E-state index is -3.71. The van der Waals surface area contributed by atoms with Gasteiger partial charge in [-0.3, -0.25) is 14.5 Å². The largest absolute Gasteiger partial charge is 0.495 e. The van der Waals surface area contributed by atoms with E-state index in [4.69, 9.17) is 9.26 Å². The second-order valence-electron chi connectivity index (χ2n) is 7.86. The smallest absolute Gasteiger partial charge is 0.248 e. The minimum Gasteiger partial charge on any atom is -0.495 e. The summed E-state index contributed by atoms with van der Waals surface area (Å²) in [4.78, 5) is 26.5. The Hall–Kier alpha value is -2.96. The Morgan fingerprint density at radius 1 is 1.12 bits per heavy atom. The van der Waals surface area contributed by atoms with E-state index in [1.165, 1.54) is 11.4 Å². The van der Waals surface area contributed by atoms with E-state index in [2.05, 4.69) is 15.8 Å². The van der Waals surface area contributed by atoms with Crippen molar-refractivity contribution in [3.63, 3.8) is 0 Å². The number of sulfonamides is 1. The Balaban J connectivity index is 1.46. The van der Waals surface area contributed by atoms with Crippen molar-refractivity contribution in [3.05, 3.63) is 35.2 Å². The quantitative estimate of drug-likeness (QED) is 0.564. The lowest BCUT2D eigenvalue weighted by molar-refractivity contribution is -0.125. The van der Waals surface area contributed by atoms with Crippen LogP contribution in [0.25, 0.3) is 0 Å². The summed E-state index contributed by atoms with van der Waals surface area (Å²) in [6, 6.07) is 5.42. The molecule has 2 N–H and O–H groups in total. The van der Waals surface area contributed by atoms with Crippen LogP contribution in [0.5, 0.6) is 5.75 Å². The number of nitrogens with zero attached hydrogens (tertiary/aromatic N) is 3. The van der Waals surface area contributed by atoms with Crippen molar-refractivity contribution < 1.29 is 27.3 Å². The van der Waals surface area contributed by atoms with E-state index in [1.807, 2.05) is 17.9 Å². The summed E-state index contributed by atoms with van der Waals surface area (Å²) in [6.07, 6.45) is 0. The summed E-state index contributed by atoms with van der Waals surface area (Å²) in [5.41, 5.74) is 1.83. The van der Waals surface area contributed by atoms with E-state index in [0.717, 1.165) is 5.56 Å². The molecule has 12 heteroatoms. The summed E-state index contributed by atoms with van der Waals surface area (Å²) < 4.78 is 37.4. The molecule has 0 radical (unpaired) electrons. The predicted octanol–water partition coefficient (Wildman–Crippen LogP) is 0.670.